The maximum Gasteiger partial charge on any atom is 0.348 e. The van der Waals surface area contributed by atoms with Crippen LogP contribution in [0, 0.1) is 5.92 Å². The number of ether oxygens (including phenoxy) is 7. The average Bonchev–Trinajstić information content (AvgIpc) is 2.96. The largest absolute Gasteiger partial charge is 0.481 e. The Bertz CT molecular complexity index is 1390. The highest BCUT2D eigenvalue weighted by atomic mass is 16.8. The van der Waals surface area contributed by atoms with E-state index in [1.54, 1.807) is 6.92 Å². The number of aliphatic hydroxyl groups is 2. The topological polar surface area (TPSA) is 190 Å². The zero-order valence-electron chi connectivity index (χ0n) is 24.1. The lowest BCUT2D eigenvalue weighted by Crippen LogP contribution is -2.52. The molecule has 2 N–H and O–H groups in total. The summed E-state index contributed by atoms with van der Waals surface area (Å²) >= 11 is 0. The highest BCUT2D eigenvalue weighted by molar-refractivity contribution is 6.15. The van der Waals surface area contributed by atoms with Crippen molar-refractivity contribution >= 4 is 29.8 Å². The Labute approximate surface area is 251 Å². The van der Waals surface area contributed by atoms with Crippen molar-refractivity contribution in [3.63, 3.8) is 0 Å². The van der Waals surface area contributed by atoms with E-state index in [1.807, 2.05) is 0 Å². The number of allylic oxidation sites excluding steroid dienone is 4. The summed E-state index contributed by atoms with van der Waals surface area (Å²) in [6, 6.07) is 0. The van der Waals surface area contributed by atoms with Gasteiger partial charge in [0.2, 0.25) is 0 Å². The van der Waals surface area contributed by atoms with Gasteiger partial charge in [-0.3, -0.25) is 4.79 Å². The summed E-state index contributed by atoms with van der Waals surface area (Å²) in [5, 5.41) is 20.4. The van der Waals surface area contributed by atoms with Crippen molar-refractivity contribution in [3.8, 4) is 0 Å². The van der Waals surface area contributed by atoms with Gasteiger partial charge in [-0.2, -0.15) is 0 Å². The quantitative estimate of drug-likeness (QED) is 0.150. The van der Waals surface area contributed by atoms with Gasteiger partial charge in [-0.1, -0.05) is 18.2 Å². The van der Waals surface area contributed by atoms with Crippen LogP contribution in [0.2, 0.25) is 0 Å². The van der Waals surface area contributed by atoms with E-state index < -0.39 is 53.1 Å². The van der Waals surface area contributed by atoms with E-state index in [-0.39, 0.29) is 73.7 Å². The molecule has 5 rings (SSSR count). The molecule has 2 saturated carbocycles. The van der Waals surface area contributed by atoms with Crippen LogP contribution in [0.5, 0.6) is 0 Å². The zero-order chi connectivity index (χ0) is 31.7. The second kappa shape index (κ2) is 11.7. The highest BCUT2D eigenvalue weighted by Gasteiger charge is 2.55. The number of rotatable bonds is 5. The molecule has 14 heteroatoms. The van der Waals surface area contributed by atoms with E-state index in [1.165, 1.54) is 37.3 Å². The molecule has 14 nitrogen and oxygen atoms in total. The Kier molecular flexibility index (Phi) is 8.19. The summed E-state index contributed by atoms with van der Waals surface area (Å²) in [4.78, 5) is 61.9. The summed E-state index contributed by atoms with van der Waals surface area (Å²) < 4.78 is 37.7. The fourth-order valence-electron chi connectivity index (χ4n) is 5.54. The molecule has 0 amide bonds. The van der Waals surface area contributed by atoms with Crippen LogP contribution in [0.1, 0.15) is 65.2 Å². The molecular formula is C30H32O14. The molecule has 0 atom stereocenters. The fraction of sp³-hybridized carbons (Fsp3) is 0.500. The third-order valence-electron chi connectivity index (χ3n) is 8.09. The van der Waals surface area contributed by atoms with E-state index in [9.17, 15) is 34.2 Å². The van der Waals surface area contributed by atoms with Crippen molar-refractivity contribution in [3.05, 3.63) is 59.0 Å². The van der Waals surface area contributed by atoms with Gasteiger partial charge in [0.15, 0.2) is 0 Å². The zero-order valence-corrected chi connectivity index (χ0v) is 24.1. The standard InChI is InChI=1S/C30H32O14/c1-3-38-23(33)18-9-11-28(12-10-18)41-24(34)19(25(35)42-28)7-5-4-6-8-20-26(36)43-30(44-27(20)37)15-13-29(14-16-30)39-21(31)17(2)22(32)40-29/h4-8,18,31,36H,3,9-16H2,1-2H3. The molecule has 44 heavy (non-hydrogen) atoms. The molecular weight excluding hydrogens is 584 g/mol. The van der Waals surface area contributed by atoms with Crippen molar-refractivity contribution in [1.82, 2.24) is 0 Å². The lowest BCUT2D eigenvalue weighted by atomic mass is 9.84. The minimum atomic E-state index is -1.51. The van der Waals surface area contributed by atoms with Gasteiger partial charge < -0.3 is 43.4 Å². The van der Waals surface area contributed by atoms with E-state index >= 15 is 0 Å². The maximum absolute atomic E-state index is 12.7. The van der Waals surface area contributed by atoms with Gasteiger partial charge in [-0.15, -0.1) is 0 Å². The maximum atomic E-state index is 12.7. The SMILES string of the molecule is CCOC(=O)C1CCC2(CC1)OC(=O)C(=CC=CC=CC1=C(O)OC3(CCC4(CC3)OC(=O)C(C)=C(O)O4)OC1=O)C(=O)O2. The smallest absolute Gasteiger partial charge is 0.348 e. The molecule has 0 aromatic rings. The molecule has 1 saturated heterocycles. The van der Waals surface area contributed by atoms with Crippen molar-refractivity contribution < 1.29 is 67.3 Å². The number of aliphatic hydroxyl groups excluding tert-OH is 2. The predicted molar refractivity (Wildman–Crippen MR) is 143 cm³/mol. The Morgan fingerprint density at radius 1 is 0.750 bits per heavy atom. The van der Waals surface area contributed by atoms with E-state index in [0.717, 1.165) is 0 Å². The Morgan fingerprint density at radius 3 is 1.82 bits per heavy atom. The molecule has 0 aromatic heterocycles. The molecule has 236 valence electrons. The average molecular weight is 617 g/mol. The first-order valence-corrected chi connectivity index (χ1v) is 14.3. The first-order chi connectivity index (χ1) is 20.9. The van der Waals surface area contributed by atoms with Crippen molar-refractivity contribution in [2.75, 3.05) is 6.61 Å². The molecule has 2 aliphatic carbocycles. The minimum Gasteiger partial charge on any atom is -0.481 e. The first kappa shape index (κ1) is 30.7. The number of esters is 5. The van der Waals surface area contributed by atoms with Gasteiger partial charge in [0.25, 0.3) is 29.3 Å². The van der Waals surface area contributed by atoms with E-state index in [0.29, 0.717) is 12.8 Å². The van der Waals surface area contributed by atoms with Crippen LogP contribution >= 0.6 is 0 Å². The Hall–Kier alpha value is -4.75. The van der Waals surface area contributed by atoms with Crippen LogP contribution in [0.4, 0.5) is 0 Å². The van der Waals surface area contributed by atoms with Gasteiger partial charge in [-0.05, 0) is 38.8 Å². The monoisotopic (exact) mass is 616 g/mol. The molecule has 3 aliphatic heterocycles. The van der Waals surface area contributed by atoms with Crippen LogP contribution in [0.15, 0.2) is 59.0 Å². The molecule has 3 fully saturated rings. The molecule has 5 aliphatic rings. The third kappa shape index (κ3) is 6.01. The third-order valence-corrected chi connectivity index (χ3v) is 8.09. The number of hydrogen-bond acceptors (Lipinski definition) is 14. The lowest BCUT2D eigenvalue weighted by Gasteiger charge is -2.46. The summed E-state index contributed by atoms with van der Waals surface area (Å²) in [6.45, 7) is 3.34. The van der Waals surface area contributed by atoms with Crippen molar-refractivity contribution in [2.24, 2.45) is 5.92 Å². The second-order valence-corrected chi connectivity index (χ2v) is 11.0. The van der Waals surface area contributed by atoms with Crippen LogP contribution < -0.4 is 0 Å². The molecule has 0 radical (unpaired) electrons. The molecule has 3 heterocycles. The normalized spacial score (nSPS) is 32.4. The lowest BCUT2D eigenvalue weighted by molar-refractivity contribution is -0.303. The first-order valence-electron chi connectivity index (χ1n) is 14.3. The minimum absolute atomic E-state index is 0.00629. The highest BCUT2D eigenvalue weighted by Crippen LogP contribution is 2.46. The Morgan fingerprint density at radius 2 is 1.27 bits per heavy atom. The number of carbonyl (C=O) groups is 5. The molecule has 0 unspecified atom stereocenters. The van der Waals surface area contributed by atoms with Crippen LogP contribution in [0.3, 0.4) is 0 Å². The molecule has 0 bridgehead atoms. The number of carbonyl (C=O) groups excluding carboxylic acids is 5. The summed E-state index contributed by atoms with van der Waals surface area (Å²) in [5.74, 6) is -9.54. The van der Waals surface area contributed by atoms with Gasteiger partial charge >= 0.3 is 29.8 Å². The Balaban J connectivity index is 1.16. The predicted octanol–water partition coefficient (Wildman–Crippen LogP) is 3.25. The van der Waals surface area contributed by atoms with Gasteiger partial charge in [-0.25, -0.2) is 19.2 Å². The van der Waals surface area contributed by atoms with Crippen molar-refractivity contribution in [1.29, 1.82) is 0 Å². The molecule has 3 spiro atoms. The van der Waals surface area contributed by atoms with Gasteiger partial charge in [0, 0.05) is 38.5 Å². The van der Waals surface area contributed by atoms with Crippen LogP contribution in [0.25, 0.3) is 0 Å². The summed E-state index contributed by atoms with van der Waals surface area (Å²) in [5.41, 5.74) is -0.669. The fourth-order valence-corrected chi connectivity index (χ4v) is 5.54. The van der Waals surface area contributed by atoms with Gasteiger partial charge in [0.05, 0.1) is 12.5 Å². The van der Waals surface area contributed by atoms with E-state index in [4.69, 9.17) is 33.2 Å². The van der Waals surface area contributed by atoms with Crippen LogP contribution in [-0.4, -0.2) is 64.0 Å². The summed E-state index contributed by atoms with van der Waals surface area (Å²) in [6.07, 6.45) is 7.63. The second-order valence-electron chi connectivity index (χ2n) is 11.0. The van der Waals surface area contributed by atoms with E-state index in [2.05, 4.69) is 0 Å². The molecule has 0 aromatic carbocycles. The number of hydrogen-bond donors (Lipinski definition) is 2. The van der Waals surface area contributed by atoms with Gasteiger partial charge in [0.1, 0.15) is 16.7 Å². The summed E-state index contributed by atoms with van der Waals surface area (Å²) in [7, 11) is 0. The van der Waals surface area contributed by atoms with Crippen molar-refractivity contribution in [2.45, 2.75) is 82.6 Å². The van der Waals surface area contributed by atoms with Crippen LogP contribution in [-0.2, 0) is 57.1 Å².